The molecule has 0 bridgehead atoms. The van der Waals surface area contributed by atoms with E-state index in [9.17, 15) is 4.79 Å². The predicted molar refractivity (Wildman–Crippen MR) is 187 cm³/mol. The number of amides is 1. The minimum atomic E-state index is -0.390. The van der Waals surface area contributed by atoms with E-state index in [1.807, 2.05) is 30.3 Å². The Hall–Kier alpha value is -4.88. The lowest BCUT2D eigenvalue weighted by Gasteiger charge is -2.40. The van der Waals surface area contributed by atoms with E-state index >= 15 is 0 Å². The van der Waals surface area contributed by atoms with E-state index in [1.54, 1.807) is 4.90 Å². The maximum absolute atomic E-state index is 13.2. The topological polar surface area (TPSA) is 87.4 Å². The molecular formula is C38H43N7O3. The molecule has 3 aromatic carbocycles. The van der Waals surface area contributed by atoms with Gasteiger partial charge in [0, 0.05) is 54.4 Å². The number of hydrogen-bond acceptors (Lipinski definition) is 8. The molecule has 1 unspecified atom stereocenters. The molecular weight excluding hydrogens is 602 g/mol. The lowest BCUT2D eigenvalue weighted by atomic mass is 10.0. The van der Waals surface area contributed by atoms with Crippen LogP contribution in [0.15, 0.2) is 72.8 Å². The molecule has 10 heteroatoms. The van der Waals surface area contributed by atoms with Crippen molar-refractivity contribution in [2.24, 2.45) is 0 Å². The number of rotatable bonds is 8. The van der Waals surface area contributed by atoms with Gasteiger partial charge in [0.25, 0.3) is 0 Å². The van der Waals surface area contributed by atoms with Crippen molar-refractivity contribution in [3.8, 4) is 6.01 Å². The lowest BCUT2D eigenvalue weighted by Crippen LogP contribution is -2.57. The number of nitrogens with zero attached hydrogens (tertiary/aromatic N) is 6. The molecule has 1 amide bonds. The Kier molecular flexibility index (Phi) is 9.04. The molecule has 2 atom stereocenters. The van der Waals surface area contributed by atoms with E-state index in [2.05, 4.69) is 76.3 Å². The molecule has 0 aliphatic carbocycles. The Bertz CT molecular complexity index is 1800. The normalized spacial score (nSPS) is 20.3. The largest absolute Gasteiger partial charge is 0.462 e. The molecule has 0 saturated carbocycles. The zero-order valence-corrected chi connectivity index (χ0v) is 27.8. The Balaban J connectivity index is 1.14. The van der Waals surface area contributed by atoms with E-state index in [0.29, 0.717) is 38.8 Å². The molecule has 3 aliphatic heterocycles. The summed E-state index contributed by atoms with van der Waals surface area (Å²) in [5.74, 6) is 0.847. The van der Waals surface area contributed by atoms with E-state index in [1.165, 1.54) is 16.5 Å². The third-order valence-corrected chi connectivity index (χ3v) is 9.78. The number of fused-ring (bicyclic) bond motifs is 2. The number of ether oxygens (including phenoxy) is 2. The van der Waals surface area contributed by atoms with Crippen molar-refractivity contribution in [1.29, 1.82) is 0 Å². The summed E-state index contributed by atoms with van der Waals surface area (Å²) in [7, 11) is 0. The highest BCUT2D eigenvalue weighted by atomic mass is 16.6. The first kappa shape index (κ1) is 31.7. The summed E-state index contributed by atoms with van der Waals surface area (Å²) in [6, 6.07) is 24.9. The minimum absolute atomic E-state index is 0.0920. The molecule has 0 spiro atoms. The molecule has 48 heavy (non-hydrogen) atoms. The summed E-state index contributed by atoms with van der Waals surface area (Å²) < 4.78 is 12.0. The van der Waals surface area contributed by atoms with Crippen molar-refractivity contribution in [3.05, 3.63) is 101 Å². The average Bonchev–Trinajstić information content (AvgIpc) is 3.47. The molecule has 10 nitrogen and oxygen atoms in total. The molecule has 2 saturated heterocycles. The van der Waals surface area contributed by atoms with Crippen LogP contribution < -0.4 is 19.9 Å². The van der Waals surface area contributed by atoms with Crippen LogP contribution in [0.2, 0.25) is 0 Å². The molecule has 1 aromatic heterocycles. The van der Waals surface area contributed by atoms with Crippen molar-refractivity contribution in [1.82, 2.24) is 20.2 Å². The van der Waals surface area contributed by atoms with Crippen LogP contribution in [0.3, 0.4) is 0 Å². The first-order valence-electron chi connectivity index (χ1n) is 17.0. The number of benzene rings is 3. The smallest absolute Gasteiger partial charge is 0.410 e. The molecule has 4 heterocycles. The SMILES string of the molecule is [C-]#[N+]CC1CN(c2nc(OC[C@@H]3CCC(C)(C)N3)nc3c2CCN(c2cccc4ccccc24)C3)CCN1C(=O)OCc1ccccc1. The highest BCUT2D eigenvalue weighted by Crippen LogP contribution is 2.35. The van der Waals surface area contributed by atoms with Gasteiger partial charge < -0.3 is 29.4 Å². The summed E-state index contributed by atoms with van der Waals surface area (Å²) in [6.07, 6.45) is 2.52. The van der Waals surface area contributed by atoms with Crippen LogP contribution in [-0.2, 0) is 24.3 Å². The number of piperazine rings is 1. The number of carbonyl (C=O) groups is 1. The van der Waals surface area contributed by atoms with E-state index in [-0.39, 0.29) is 30.8 Å². The van der Waals surface area contributed by atoms with E-state index in [4.69, 9.17) is 26.0 Å². The van der Waals surface area contributed by atoms with Crippen molar-refractivity contribution < 1.29 is 14.3 Å². The van der Waals surface area contributed by atoms with Gasteiger partial charge in [-0.2, -0.15) is 9.97 Å². The van der Waals surface area contributed by atoms with Crippen LogP contribution in [-0.4, -0.2) is 77.9 Å². The van der Waals surface area contributed by atoms with Crippen LogP contribution in [0.25, 0.3) is 15.6 Å². The second kappa shape index (κ2) is 13.7. The molecule has 3 aliphatic rings. The fourth-order valence-electron chi connectivity index (χ4n) is 7.29. The number of aromatic nitrogens is 2. The highest BCUT2D eigenvalue weighted by Gasteiger charge is 2.37. The van der Waals surface area contributed by atoms with Gasteiger partial charge in [-0.1, -0.05) is 66.7 Å². The maximum atomic E-state index is 13.2. The maximum Gasteiger partial charge on any atom is 0.410 e. The van der Waals surface area contributed by atoms with Crippen LogP contribution in [0.5, 0.6) is 6.01 Å². The zero-order chi connectivity index (χ0) is 33.1. The summed E-state index contributed by atoms with van der Waals surface area (Å²) >= 11 is 0. The van der Waals surface area contributed by atoms with Crippen molar-refractivity contribution in [2.45, 2.75) is 63.9 Å². The predicted octanol–water partition coefficient (Wildman–Crippen LogP) is 5.85. The van der Waals surface area contributed by atoms with Crippen LogP contribution in [0.1, 0.15) is 43.5 Å². The van der Waals surface area contributed by atoms with Crippen molar-refractivity contribution in [2.75, 3.05) is 49.1 Å². The number of hydrogen-bond donors (Lipinski definition) is 1. The quantitative estimate of drug-likeness (QED) is 0.239. The van der Waals surface area contributed by atoms with E-state index < -0.39 is 6.09 Å². The van der Waals surface area contributed by atoms with Crippen LogP contribution in [0.4, 0.5) is 16.3 Å². The molecule has 248 valence electrons. The Morgan fingerprint density at radius 1 is 1.00 bits per heavy atom. The fourth-order valence-corrected chi connectivity index (χ4v) is 7.29. The standard InChI is InChI=1S/C38H43N7O3/c1-38(2)18-16-29(42-38)26-47-36-40-33-24-43(34-15-9-13-28-12-7-8-14-31(28)34)19-17-32(33)35(41-36)44-20-21-45(30(23-44)22-39-3)37(46)48-25-27-10-5-4-6-11-27/h4-15,29-30,42H,16-26H2,1-2H3/t29-,30?/m0/s1. The second-order valence-electron chi connectivity index (χ2n) is 13.7. The summed E-state index contributed by atoms with van der Waals surface area (Å²) in [6.45, 7) is 15.9. The molecule has 2 fully saturated rings. The number of carbonyl (C=O) groups excluding carboxylic acids is 1. The van der Waals surface area contributed by atoms with Crippen LogP contribution in [0, 0.1) is 6.57 Å². The van der Waals surface area contributed by atoms with Gasteiger partial charge in [0.2, 0.25) is 6.54 Å². The third-order valence-electron chi connectivity index (χ3n) is 9.78. The van der Waals surface area contributed by atoms with Crippen molar-refractivity contribution >= 4 is 28.4 Å². The molecule has 4 aromatic rings. The van der Waals surface area contributed by atoms with Gasteiger partial charge in [0.1, 0.15) is 25.1 Å². The van der Waals surface area contributed by atoms with Crippen molar-refractivity contribution in [3.63, 3.8) is 0 Å². The molecule has 7 rings (SSSR count). The van der Waals surface area contributed by atoms with Gasteiger partial charge in [0.15, 0.2) is 0 Å². The van der Waals surface area contributed by atoms with Gasteiger partial charge in [-0.3, -0.25) is 4.90 Å². The fraction of sp³-hybridized carbons (Fsp3) is 0.421. The monoisotopic (exact) mass is 645 g/mol. The van der Waals surface area contributed by atoms with Crippen LogP contribution >= 0.6 is 0 Å². The second-order valence-corrected chi connectivity index (χ2v) is 13.7. The third kappa shape index (κ3) is 6.87. The van der Waals surface area contributed by atoms with Gasteiger partial charge in [-0.15, -0.1) is 0 Å². The summed E-state index contributed by atoms with van der Waals surface area (Å²) in [5.41, 5.74) is 4.29. The summed E-state index contributed by atoms with van der Waals surface area (Å²) in [5, 5.41) is 6.10. The summed E-state index contributed by atoms with van der Waals surface area (Å²) in [4.78, 5) is 33.3. The van der Waals surface area contributed by atoms with Gasteiger partial charge in [-0.25, -0.2) is 11.4 Å². The molecule has 1 N–H and O–H groups in total. The Morgan fingerprint density at radius 2 is 1.81 bits per heavy atom. The number of anilines is 2. The Morgan fingerprint density at radius 3 is 2.62 bits per heavy atom. The van der Waals surface area contributed by atoms with E-state index in [0.717, 1.165) is 48.4 Å². The number of nitrogens with one attached hydrogen (secondary N) is 1. The average molecular weight is 646 g/mol. The highest BCUT2D eigenvalue weighted by molar-refractivity contribution is 5.94. The first-order chi connectivity index (χ1) is 23.4. The minimum Gasteiger partial charge on any atom is -0.462 e. The molecule has 0 radical (unpaired) electrons. The Labute approximate surface area is 282 Å². The first-order valence-corrected chi connectivity index (χ1v) is 17.0. The lowest BCUT2D eigenvalue weighted by molar-refractivity contribution is 0.0788. The van der Waals surface area contributed by atoms with Gasteiger partial charge >= 0.3 is 12.1 Å². The zero-order valence-electron chi connectivity index (χ0n) is 27.8. The van der Waals surface area contributed by atoms with Gasteiger partial charge in [0.05, 0.1) is 12.2 Å². The van der Waals surface area contributed by atoms with Gasteiger partial charge in [-0.05, 0) is 50.1 Å².